The lowest BCUT2D eigenvalue weighted by Gasteiger charge is -2.09. The lowest BCUT2D eigenvalue weighted by molar-refractivity contribution is 0.0693. The van der Waals surface area contributed by atoms with Crippen LogP contribution in [0.4, 0.5) is 0 Å². The van der Waals surface area contributed by atoms with Crippen LogP contribution in [0.25, 0.3) is 0 Å². The third-order valence-corrected chi connectivity index (χ3v) is 4.90. The van der Waals surface area contributed by atoms with Crippen LogP contribution in [-0.4, -0.2) is 24.6 Å². The number of aromatic hydroxyl groups is 1. The predicted molar refractivity (Wildman–Crippen MR) is 76.4 cm³/mol. The van der Waals surface area contributed by atoms with E-state index >= 15 is 0 Å². The molecule has 0 radical (unpaired) electrons. The van der Waals surface area contributed by atoms with Gasteiger partial charge in [-0.25, -0.2) is 13.2 Å². The zero-order valence-corrected chi connectivity index (χ0v) is 12.3. The molecule has 0 aromatic heterocycles. The van der Waals surface area contributed by atoms with Crippen molar-refractivity contribution in [3.63, 3.8) is 0 Å². The van der Waals surface area contributed by atoms with E-state index in [4.69, 9.17) is 5.11 Å². The summed E-state index contributed by atoms with van der Waals surface area (Å²) in [5.74, 6) is -1.80. The Kier molecular flexibility index (Phi) is 3.74. The van der Waals surface area contributed by atoms with Crippen molar-refractivity contribution in [2.45, 2.75) is 23.6 Å². The van der Waals surface area contributed by atoms with Gasteiger partial charge < -0.3 is 10.2 Å². The third-order valence-electron chi connectivity index (χ3n) is 3.15. The molecule has 0 aliphatic heterocycles. The van der Waals surface area contributed by atoms with Crippen LogP contribution in [0.3, 0.4) is 0 Å². The van der Waals surface area contributed by atoms with Crippen LogP contribution in [0.2, 0.25) is 0 Å². The van der Waals surface area contributed by atoms with Crippen LogP contribution in [0, 0.1) is 13.8 Å². The molecular formula is C15H14O5S. The van der Waals surface area contributed by atoms with Gasteiger partial charge in [-0.1, -0.05) is 17.7 Å². The van der Waals surface area contributed by atoms with Gasteiger partial charge in [0.05, 0.1) is 9.79 Å². The Morgan fingerprint density at radius 2 is 1.57 bits per heavy atom. The highest BCUT2D eigenvalue weighted by molar-refractivity contribution is 7.91. The van der Waals surface area contributed by atoms with E-state index in [0.717, 1.165) is 11.6 Å². The number of carboxylic acid groups (broad SMARTS) is 1. The number of hydrogen-bond acceptors (Lipinski definition) is 4. The molecule has 0 atom stereocenters. The van der Waals surface area contributed by atoms with Crippen molar-refractivity contribution in [3.8, 4) is 5.75 Å². The van der Waals surface area contributed by atoms with Crippen LogP contribution >= 0.6 is 0 Å². The van der Waals surface area contributed by atoms with Crippen molar-refractivity contribution in [3.05, 3.63) is 53.1 Å². The highest BCUT2D eigenvalue weighted by atomic mass is 32.2. The standard InChI is InChI=1S/C15H14O5S/c1-9-3-5-11(6-4-9)21(19,20)12-7-10(2)14(16)13(8-12)15(17)18/h3-8,16H,1-2H3,(H,17,18). The molecule has 2 N–H and O–H groups in total. The first-order valence-corrected chi connectivity index (χ1v) is 7.60. The highest BCUT2D eigenvalue weighted by Crippen LogP contribution is 2.29. The van der Waals surface area contributed by atoms with Gasteiger partial charge in [0.2, 0.25) is 9.84 Å². The Labute approximate surface area is 122 Å². The lowest BCUT2D eigenvalue weighted by Crippen LogP contribution is -2.06. The average Bonchev–Trinajstić information content (AvgIpc) is 2.41. The van der Waals surface area contributed by atoms with E-state index in [1.807, 2.05) is 6.92 Å². The second-order valence-corrected chi connectivity index (χ2v) is 6.71. The first-order valence-electron chi connectivity index (χ1n) is 6.12. The molecule has 0 bridgehead atoms. The smallest absolute Gasteiger partial charge is 0.339 e. The Hall–Kier alpha value is -2.34. The summed E-state index contributed by atoms with van der Waals surface area (Å²) in [5, 5.41) is 18.7. The zero-order valence-electron chi connectivity index (χ0n) is 11.5. The van der Waals surface area contributed by atoms with Crippen molar-refractivity contribution < 1.29 is 23.4 Å². The average molecular weight is 306 g/mol. The van der Waals surface area contributed by atoms with E-state index in [0.29, 0.717) is 0 Å². The fourth-order valence-electron chi connectivity index (χ4n) is 1.92. The molecule has 0 spiro atoms. The number of hydrogen-bond donors (Lipinski definition) is 2. The third kappa shape index (κ3) is 2.75. The van der Waals surface area contributed by atoms with Gasteiger partial charge in [0.15, 0.2) is 0 Å². The minimum atomic E-state index is -3.83. The van der Waals surface area contributed by atoms with Crippen LogP contribution < -0.4 is 0 Å². The topological polar surface area (TPSA) is 91.7 Å². The zero-order chi connectivity index (χ0) is 15.8. The van der Waals surface area contributed by atoms with Gasteiger partial charge in [-0.3, -0.25) is 0 Å². The minimum absolute atomic E-state index is 0.0783. The number of carbonyl (C=O) groups is 1. The molecule has 0 unspecified atom stereocenters. The Balaban J connectivity index is 2.65. The highest BCUT2D eigenvalue weighted by Gasteiger charge is 2.22. The van der Waals surface area contributed by atoms with E-state index in [-0.39, 0.29) is 15.4 Å². The summed E-state index contributed by atoms with van der Waals surface area (Å²) >= 11 is 0. The largest absolute Gasteiger partial charge is 0.507 e. The first kappa shape index (κ1) is 15.1. The minimum Gasteiger partial charge on any atom is -0.507 e. The first-order chi connectivity index (χ1) is 9.73. The molecule has 2 rings (SSSR count). The van der Waals surface area contributed by atoms with Crippen LogP contribution in [0.5, 0.6) is 5.75 Å². The van der Waals surface area contributed by atoms with E-state index in [1.165, 1.54) is 25.1 Å². The Morgan fingerprint density at radius 3 is 2.10 bits per heavy atom. The summed E-state index contributed by atoms with van der Waals surface area (Å²) in [6.45, 7) is 3.29. The molecule has 0 amide bonds. The normalized spacial score (nSPS) is 11.3. The maximum Gasteiger partial charge on any atom is 0.339 e. The fraction of sp³-hybridized carbons (Fsp3) is 0.133. The second-order valence-electron chi connectivity index (χ2n) is 4.76. The molecule has 2 aromatic rings. The number of carboxylic acids is 1. The van der Waals surface area contributed by atoms with Gasteiger partial charge in [-0.05, 0) is 43.7 Å². The van der Waals surface area contributed by atoms with Crippen molar-refractivity contribution in [1.82, 2.24) is 0 Å². The molecule has 0 fully saturated rings. The number of aryl methyl sites for hydroxylation is 2. The molecule has 2 aromatic carbocycles. The lowest BCUT2D eigenvalue weighted by atomic mass is 10.1. The van der Waals surface area contributed by atoms with E-state index in [2.05, 4.69) is 0 Å². The molecule has 21 heavy (non-hydrogen) atoms. The molecule has 5 nitrogen and oxygen atoms in total. The quantitative estimate of drug-likeness (QED) is 0.909. The number of sulfone groups is 1. The monoisotopic (exact) mass is 306 g/mol. The Bertz CT molecular complexity index is 805. The maximum atomic E-state index is 12.5. The molecule has 6 heteroatoms. The second kappa shape index (κ2) is 5.21. The van der Waals surface area contributed by atoms with Gasteiger partial charge in [-0.2, -0.15) is 0 Å². The number of rotatable bonds is 3. The molecular weight excluding hydrogens is 292 g/mol. The van der Waals surface area contributed by atoms with Crippen LogP contribution in [-0.2, 0) is 9.84 Å². The van der Waals surface area contributed by atoms with Crippen molar-refractivity contribution in [2.24, 2.45) is 0 Å². The van der Waals surface area contributed by atoms with Gasteiger partial charge in [0.1, 0.15) is 11.3 Å². The number of benzene rings is 2. The maximum absolute atomic E-state index is 12.5. The van der Waals surface area contributed by atoms with E-state index < -0.39 is 27.1 Å². The molecule has 0 saturated carbocycles. The van der Waals surface area contributed by atoms with Gasteiger partial charge in [0, 0.05) is 0 Å². The van der Waals surface area contributed by atoms with Crippen molar-refractivity contribution >= 4 is 15.8 Å². The van der Waals surface area contributed by atoms with E-state index in [1.54, 1.807) is 12.1 Å². The SMILES string of the molecule is Cc1ccc(S(=O)(=O)c2cc(C)c(O)c(C(=O)O)c2)cc1. The summed E-state index contributed by atoms with van der Waals surface area (Å²) < 4.78 is 25.0. The summed E-state index contributed by atoms with van der Waals surface area (Å²) in [7, 11) is -3.83. The van der Waals surface area contributed by atoms with Gasteiger partial charge in [-0.15, -0.1) is 0 Å². The van der Waals surface area contributed by atoms with Crippen molar-refractivity contribution in [2.75, 3.05) is 0 Å². The van der Waals surface area contributed by atoms with Crippen molar-refractivity contribution in [1.29, 1.82) is 0 Å². The van der Waals surface area contributed by atoms with E-state index in [9.17, 15) is 18.3 Å². The summed E-state index contributed by atoms with van der Waals surface area (Å²) in [4.78, 5) is 11.0. The predicted octanol–water partition coefficient (Wildman–Crippen LogP) is 2.54. The summed E-state index contributed by atoms with van der Waals surface area (Å²) in [6.07, 6.45) is 0. The van der Waals surface area contributed by atoms with Gasteiger partial charge >= 0.3 is 5.97 Å². The number of phenols is 1. The van der Waals surface area contributed by atoms with Gasteiger partial charge in [0.25, 0.3) is 0 Å². The van der Waals surface area contributed by atoms with Crippen LogP contribution in [0.15, 0.2) is 46.2 Å². The fourth-order valence-corrected chi connectivity index (χ4v) is 3.29. The molecule has 110 valence electrons. The molecule has 0 saturated heterocycles. The molecule has 0 aliphatic carbocycles. The summed E-state index contributed by atoms with van der Waals surface area (Å²) in [5.41, 5.74) is 0.684. The Morgan fingerprint density at radius 1 is 1.00 bits per heavy atom. The van der Waals surface area contributed by atoms with Crippen LogP contribution in [0.1, 0.15) is 21.5 Å². The number of aromatic carboxylic acids is 1. The molecule has 0 heterocycles. The molecule has 0 aliphatic rings. The summed E-state index contributed by atoms with van der Waals surface area (Å²) in [6, 6.07) is 8.49.